The van der Waals surface area contributed by atoms with Gasteiger partial charge in [-0.25, -0.2) is 0 Å². The van der Waals surface area contributed by atoms with Gasteiger partial charge in [-0.1, -0.05) is 15.9 Å². The van der Waals surface area contributed by atoms with E-state index in [1.54, 1.807) is 0 Å². The first-order chi connectivity index (χ1) is 11.1. The Morgan fingerprint density at radius 1 is 1.13 bits per heavy atom. The van der Waals surface area contributed by atoms with Crippen LogP contribution in [-0.4, -0.2) is 10.9 Å². The van der Waals surface area contributed by atoms with Crippen LogP contribution in [-0.2, 0) is 17.6 Å². The van der Waals surface area contributed by atoms with Gasteiger partial charge >= 0.3 is 0 Å². The average Bonchev–Trinajstić information content (AvgIpc) is 3.03. The van der Waals surface area contributed by atoms with Crippen molar-refractivity contribution in [2.24, 2.45) is 0 Å². The number of H-pyrrole nitrogens is 1. The number of aryl methyl sites for hydroxylation is 1. The molecule has 0 unspecified atom stereocenters. The van der Waals surface area contributed by atoms with E-state index in [0.29, 0.717) is 0 Å². The standard InChI is InChI=1S/C19H19BrN2O/c1-10-12-5-3-4-6-15(12)21-17(10)9-13-18-11(2)14(20)7-8-16(18)22-19(13)23/h7-9,21H,3-6H2,1-2H3,(H,22,23). The number of aromatic amines is 1. The minimum atomic E-state index is -0.0202. The molecule has 4 rings (SSSR count). The third-order valence-electron chi connectivity index (χ3n) is 5.06. The number of benzene rings is 1. The summed E-state index contributed by atoms with van der Waals surface area (Å²) >= 11 is 3.57. The lowest BCUT2D eigenvalue weighted by molar-refractivity contribution is -0.110. The van der Waals surface area contributed by atoms with Crippen LogP contribution in [0.15, 0.2) is 16.6 Å². The van der Waals surface area contributed by atoms with Crippen molar-refractivity contribution in [1.29, 1.82) is 0 Å². The lowest BCUT2D eigenvalue weighted by Gasteiger charge is -2.10. The predicted octanol–water partition coefficient (Wildman–Crippen LogP) is 4.77. The van der Waals surface area contributed by atoms with Gasteiger partial charge in [-0.05, 0) is 74.4 Å². The van der Waals surface area contributed by atoms with E-state index in [-0.39, 0.29) is 5.91 Å². The number of aromatic nitrogens is 1. The summed E-state index contributed by atoms with van der Waals surface area (Å²) in [4.78, 5) is 16.0. The van der Waals surface area contributed by atoms with Gasteiger partial charge in [0.2, 0.25) is 0 Å². The second-order valence-corrected chi connectivity index (χ2v) is 7.29. The molecule has 0 atom stereocenters. The second-order valence-electron chi connectivity index (χ2n) is 6.43. The molecular formula is C19H19BrN2O. The van der Waals surface area contributed by atoms with E-state index in [0.717, 1.165) is 45.4 Å². The Labute approximate surface area is 144 Å². The summed E-state index contributed by atoms with van der Waals surface area (Å²) in [6, 6.07) is 3.94. The number of nitrogens with one attached hydrogen (secondary N) is 2. The molecule has 0 fully saturated rings. The van der Waals surface area contributed by atoms with Crippen molar-refractivity contribution in [2.45, 2.75) is 39.5 Å². The summed E-state index contributed by atoms with van der Waals surface area (Å²) in [6.07, 6.45) is 6.80. The summed E-state index contributed by atoms with van der Waals surface area (Å²) in [6.45, 7) is 4.21. The topological polar surface area (TPSA) is 44.9 Å². The van der Waals surface area contributed by atoms with Gasteiger partial charge in [0.1, 0.15) is 0 Å². The maximum Gasteiger partial charge on any atom is 0.256 e. The van der Waals surface area contributed by atoms with Crippen molar-refractivity contribution < 1.29 is 4.79 Å². The summed E-state index contributed by atoms with van der Waals surface area (Å²) in [5, 5.41) is 2.98. The molecule has 1 aliphatic carbocycles. The van der Waals surface area contributed by atoms with Gasteiger partial charge in [-0.15, -0.1) is 0 Å². The molecule has 0 saturated carbocycles. The lowest BCUT2D eigenvalue weighted by atomic mass is 9.94. The van der Waals surface area contributed by atoms with E-state index in [4.69, 9.17) is 0 Å². The molecule has 0 radical (unpaired) electrons. The molecule has 1 aromatic carbocycles. The molecule has 2 heterocycles. The van der Waals surface area contributed by atoms with Crippen molar-refractivity contribution >= 4 is 39.2 Å². The molecular weight excluding hydrogens is 352 g/mol. The summed E-state index contributed by atoms with van der Waals surface area (Å²) in [5.41, 5.74) is 8.93. The van der Waals surface area contributed by atoms with Gasteiger partial charge in [0, 0.05) is 27.1 Å². The van der Waals surface area contributed by atoms with Crippen LogP contribution in [0.5, 0.6) is 0 Å². The van der Waals surface area contributed by atoms with Crippen molar-refractivity contribution in [3.8, 4) is 0 Å². The van der Waals surface area contributed by atoms with E-state index in [9.17, 15) is 4.79 Å². The Morgan fingerprint density at radius 3 is 2.70 bits per heavy atom. The summed E-state index contributed by atoms with van der Waals surface area (Å²) in [5.74, 6) is -0.0202. The summed E-state index contributed by atoms with van der Waals surface area (Å²) in [7, 11) is 0. The van der Waals surface area contributed by atoms with Crippen molar-refractivity contribution in [2.75, 3.05) is 5.32 Å². The SMILES string of the molecule is Cc1c(C=C2C(=O)Nc3ccc(Br)c(C)c32)[nH]c2c1CCCC2. The Bertz CT molecular complexity index is 861. The third kappa shape index (κ3) is 2.27. The number of hydrogen-bond donors (Lipinski definition) is 2. The van der Waals surface area contributed by atoms with E-state index < -0.39 is 0 Å². The first-order valence-electron chi connectivity index (χ1n) is 8.09. The normalized spacial score (nSPS) is 18.0. The van der Waals surface area contributed by atoms with Crippen LogP contribution in [0.3, 0.4) is 0 Å². The lowest BCUT2D eigenvalue weighted by Crippen LogP contribution is -2.03. The first-order valence-corrected chi connectivity index (χ1v) is 8.88. The van der Waals surface area contributed by atoms with Crippen molar-refractivity contribution in [1.82, 2.24) is 4.98 Å². The predicted molar refractivity (Wildman–Crippen MR) is 97.6 cm³/mol. The minimum absolute atomic E-state index is 0.0202. The van der Waals surface area contributed by atoms with Crippen molar-refractivity contribution in [3.05, 3.63) is 50.2 Å². The van der Waals surface area contributed by atoms with Crippen LogP contribution in [0.2, 0.25) is 0 Å². The fraction of sp³-hybridized carbons (Fsp3) is 0.316. The second kappa shape index (κ2) is 5.38. The molecule has 0 bridgehead atoms. The molecule has 2 aliphatic rings. The number of carbonyl (C=O) groups excluding carboxylic acids is 1. The van der Waals surface area contributed by atoms with Crippen LogP contribution < -0.4 is 5.32 Å². The molecule has 1 aliphatic heterocycles. The highest BCUT2D eigenvalue weighted by Crippen LogP contribution is 2.39. The Balaban J connectivity index is 1.86. The zero-order chi connectivity index (χ0) is 16.1. The molecule has 23 heavy (non-hydrogen) atoms. The molecule has 2 N–H and O–H groups in total. The monoisotopic (exact) mass is 370 g/mol. The average molecular weight is 371 g/mol. The smallest absolute Gasteiger partial charge is 0.256 e. The molecule has 3 nitrogen and oxygen atoms in total. The number of fused-ring (bicyclic) bond motifs is 2. The van der Waals surface area contributed by atoms with Gasteiger partial charge in [-0.3, -0.25) is 4.79 Å². The third-order valence-corrected chi connectivity index (χ3v) is 5.92. The maximum atomic E-state index is 12.4. The zero-order valence-corrected chi connectivity index (χ0v) is 14.9. The molecule has 1 amide bonds. The van der Waals surface area contributed by atoms with Crippen LogP contribution in [0.1, 0.15) is 46.5 Å². The maximum absolute atomic E-state index is 12.4. The molecule has 118 valence electrons. The van der Waals surface area contributed by atoms with Crippen LogP contribution in [0.4, 0.5) is 5.69 Å². The Kier molecular flexibility index (Phi) is 3.45. The molecule has 4 heteroatoms. The fourth-order valence-electron chi connectivity index (χ4n) is 3.74. The minimum Gasteiger partial charge on any atom is -0.358 e. The summed E-state index contributed by atoms with van der Waals surface area (Å²) < 4.78 is 1.03. The highest BCUT2D eigenvalue weighted by atomic mass is 79.9. The van der Waals surface area contributed by atoms with E-state index in [2.05, 4.69) is 33.2 Å². The molecule has 1 aromatic heterocycles. The largest absolute Gasteiger partial charge is 0.358 e. The number of carbonyl (C=O) groups is 1. The number of hydrogen-bond acceptors (Lipinski definition) is 1. The highest BCUT2D eigenvalue weighted by molar-refractivity contribution is 9.10. The van der Waals surface area contributed by atoms with E-state index in [1.165, 1.54) is 29.7 Å². The Morgan fingerprint density at radius 2 is 1.91 bits per heavy atom. The van der Waals surface area contributed by atoms with E-state index in [1.807, 2.05) is 25.1 Å². The Hall–Kier alpha value is -1.81. The highest BCUT2D eigenvalue weighted by Gasteiger charge is 2.27. The van der Waals surface area contributed by atoms with Crippen LogP contribution >= 0.6 is 15.9 Å². The van der Waals surface area contributed by atoms with Gasteiger partial charge in [0.15, 0.2) is 0 Å². The van der Waals surface area contributed by atoms with Crippen LogP contribution in [0, 0.1) is 13.8 Å². The zero-order valence-electron chi connectivity index (χ0n) is 13.3. The van der Waals surface area contributed by atoms with Gasteiger partial charge in [-0.2, -0.15) is 0 Å². The van der Waals surface area contributed by atoms with Crippen LogP contribution in [0.25, 0.3) is 11.6 Å². The number of anilines is 1. The van der Waals surface area contributed by atoms with Gasteiger partial charge in [0.25, 0.3) is 5.91 Å². The quantitative estimate of drug-likeness (QED) is 0.697. The fourth-order valence-corrected chi connectivity index (χ4v) is 4.07. The van der Waals surface area contributed by atoms with Crippen molar-refractivity contribution in [3.63, 3.8) is 0 Å². The number of amides is 1. The van der Waals surface area contributed by atoms with Gasteiger partial charge in [0.05, 0.1) is 5.57 Å². The molecule has 2 aromatic rings. The molecule has 0 spiro atoms. The number of rotatable bonds is 1. The molecule has 0 saturated heterocycles. The van der Waals surface area contributed by atoms with Gasteiger partial charge < -0.3 is 10.3 Å². The number of halogens is 1. The first kappa shape index (κ1) is 14.8. The van der Waals surface area contributed by atoms with E-state index >= 15 is 0 Å².